The summed E-state index contributed by atoms with van der Waals surface area (Å²) in [4.78, 5) is 4.04. The number of pyridine rings is 1. The summed E-state index contributed by atoms with van der Waals surface area (Å²) in [5.41, 5.74) is 1.00. The number of anilines is 1. The van der Waals surface area contributed by atoms with E-state index in [9.17, 15) is 8.42 Å². The summed E-state index contributed by atoms with van der Waals surface area (Å²) in [5.74, 6) is 0.709. The topological polar surface area (TPSA) is 68.3 Å². The van der Waals surface area contributed by atoms with Crippen LogP contribution in [0.3, 0.4) is 0 Å². The number of hydrogen-bond acceptors (Lipinski definition) is 4. The molecular formula is C12H18N2O3S. The van der Waals surface area contributed by atoms with Crippen LogP contribution in [0, 0.1) is 12.8 Å². The highest BCUT2D eigenvalue weighted by atomic mass is 32.2. The Morgan fingerprint density at radius 3 is 2.72 bits per heavy atom. The summed E-state index contributed by atoms with van der Waals surface area (Å²) >= 11 is 0. The molecule has 0 saturated carbocycles. The van der Waals surface area contributed by atoms with Crippen molar-refractivity contribution in [1.82, 2.24) is 4.98 Å². The molecule has 0 unspecified atom stereocenters. The van der Waals surface area contributed by atoms with Crippen LogP contribution < -0.4 is 4.72 Å². The largest absolute Gasteiger partial charge is 0.381 e. The SMILES string of the molecule is Cc1ccc(NS(=O)(=O)CC2CCOCC2)nc1. The fourth-order valence-electron chi connectivity index (χ4n) is 1.95. The lowest BCUT2D eigenvalue weighted by Crippen LogP contribution is -2.27. The molecule has 0 aromatic carbocycles. The molecule has 100 valence electrons. The quantitative estimate of drug-likeness (QED) is 0.901. The first kappa shape index (κ1) is 13.3. The summed E-state index contributed by atoms with van der Waals surface area (Å²) < 4.78 is 31.7. The molecule has 1 aromatic heterocycles. The van der Waals surface area contributed by atoms with Gasteiger partial charge in [-0.2, -0.15) is 0 Å². The Morgan fingerprint density at radius 1 is 1.39 bits per heavy atom. The minimum absolute atomic E-state index is 0.145. The minimum atomic E-state index is -3.32. The molecule has 6 heteroatoms. The Morgan fingerprint density at radius 2 is 2.11 bits per heavy atom. The molecule has 1 aromatic rings. The highest BCUT2D eigenvalue weighted by Gasteiger charge is 2.21. The fourth-order valence-corrected chi connectivity index (χ4v) is 3.43. The van der Waals surface area contributed by atoms with Crippen LogP contribution in [-0.2, 0) is 14.8 Å². The Hall–Kier alpha value is -1.14. The Balaban J connectivity index is 1.96. The van der Waals surface area contributed by atoms with Gasteiger partial charge in [0.1, 0.15) is 5.82 Å². The predicted octanol–water partition coefficient (Wildman–Crippen LogP) is 1.56. The summed E-state index contributed by atoms with van der Waals surface area (Å²) in [6.07, 6.45) is 3.26. The second-order valence-corrected chi connectivity index (χ2v) is 6.43. The Bertz CT molecular complexity index is 479. The summed E-state index contributed by atoms with van der Waals surface area (Å²) in [6, 6.07) is 3.51. The minimum Gasteiger partial charge on any atom is -0.381 e. The number of ether oxygens (including phenoxy) is 1. The van der Waals surface area contributed by atoms with E-state index < -0.39 is 10.0 Å². The van der Waals surface area contributed by atoms with Crippen LogP contribution in [0.2, 0.25) is 0 Å². The molecule has 1 aliphatic heterocycles. The van der Waals surface area contributed by atoms with Gasteiger partial charge in [-0.25, -0.2) is 13.4 Å². The monoisotopic (exact) mass is 270 g/mol. The van der Waals surface area contributed by atoms with E-state index >= 15 is 0 Å². The fraction of sp³-hybridized carbons (Fsp3) is 0.583. The van der Waals surface area contributed by atoms with Gasteiger partial charge in [0.15, 0.2) is 0 Å². The second kappa shape index (κ2) is 5.67. The van der Waals surface area contributed by atoms with Gasteiger partial charge in [0.05, 0.1) is 5.75 Å². The van der Waals surface area contributed by atoms with Crippen LogP contribution in [0.4, 0.5) is 5.82 Å². The normalized spacial score (nSPS) is 17.6. The lowest BCUT2D eigenvalue weighted by Gasteiger charge is -2.21. The van der Waals surface area contributed by atoms with E-state index in [2.05, 4.69) is 9.71 Å². The van der Waals surface area contributed by atoms with E-state index in [0.717, 1.165) is 18.4 Å². The summed E-state index contributed by atoms with van der Waals surface area (Å²) in [6.45, 7) is 3.22. The molecule has 1 fully saturated rings. The number of hydrogen-bond donors (Lipinski definition) is 1. The summed E-state index contributed by atoms with van der Waals surface area (Å²) in [7, 11) is -3.32. The standard InChI is InChI=1S/C12H18N2O3S/c1-10-2-3-12(13-8-10)14-18(15,16)9-11-4-6-17-7-5-11/h2-3,8,11H,4-7,9H2,1H3,(H,13,14). The maximum Gasteiger partial charge on any atom is 0.234 e. The molecule has 0 aliphatic carbocycles. The first-order valence-electron chi connectivity index (χ1n) is 6.06. The zero-order chi connectivity index (χ0) is 13.0. The number of aryl methyl sites for hydroxylation is 1. The molecule has 0 amide bonds. The van der Waals surface area contributed by atoms with Gasteiger partial charge >= 0.3 is 0 Å². The lowest BCUT2D eigenvalue weighted by molar-refractivity contribution is 0.0724. The molecule has 0 atom stereocenters. The van der Waals surface area contributed by atoms with Crippen molar-refractivity contribution in [1.29, 1.82) is 0 Å². The highest BCUT2D eigenvalue weighted by molar-refractivity contribution is 7.92. The molecule has 0 spiro atoms. The van der Waals surface area contributed by atoms with E-state index in [1.54, 1.807) is 12.3 Å². The van der Waals surface area contributed by atoms with Gasteiger partial charge < -0.3 is 4.74 Å². The van der Waals surface area contributed by atoms with Crippen molar-refractivity contribution in [2.75, 3.05) is 23.7 Å². The third-order valence-corrected chi connectivity index (χ3v) is 4.40. The number of aromatic nitrogens is 1. The van der Waals surface area contributed by atoms with E-state index in [-0.39, 0.29) is 11.7 Å². The molecule has 1 N–H and O–H groups in total. The highest BCUT2D eigenvalue weighted by Crippen LogP contribution is 2.18. The molecule has 1 saturated heterocycles. The average Bonchev–Trinajstić information content (AvgIpc) is 2.32. The Labute approximate surface area is 108 Å². The zero-order valence-electron chi connectivity index (χ0n) is 10.4. The van der Waals surface area contributed by atoms with Crippen LogP contribution in [0.1, 0.15) is 18.4 Å². The predicted molar refractivity (Wildman–Crippen MR) is 69.9 cm³/mol. The van der Waals surface area contributed by atoms with Gasteiger partial charge in [0.25, 0.3) is 0 Å². The number of rotatable bonds is 4. The smallest absolute Gasteiger partial charge is 0.234 e. The first-order valence-corrected chi connectivity index (χ1v) is 7.71. The van der Waals surface area contributed by atoms with E-state index in [1.165, 1.54) is 0 Å². The van der Waals surface area contributed by atoms with Crippen molar-refractivity contribution in [3.05, 3.63) is 23.9 Å². The van der Waals surface area contributed by atoms with Crippen LogP contribution in [0.25, 0.3) is 0 Å². The van der Waals surface area contributed by atoms with E-state index in [1.807, 2.05) is 13.0 Å². The zero-order valence-corrected chi connectivity index (χ0v) is 11.2. The van der Waals surface area contributed by atoms with Gasteiger partial charge in [0.2, 0.25) is 10.0 Å². The molecule has 5 nitrogen and oxygen atoms in total. The second-order valence-electron chi connectivity index (χ2n) is 4.66. The van der Waals surface area contributed by atoms with E-state index in [4.69, 9.17) is 4.74 Å². The van der Waals surface area contributed by atoms with Gasteiger partial charge in [0, 0.05) is 19.4 Å². The lowest BCUT2D eigenvalue weighted by atomic mass is 10.0. The van der Waals surface area contributed by atoms with Crippen LogP contribution in [-0.4, -0.2) is 32.4 Å². The van der Waals surface area contributed by atoms with Crippen molar-refractivity contribution in [3.63, 3.8) is 0 Å². The molecule has 1 aliphatic rings. The number of sulfonamides is 1. The van der Waals surface area contributed by atoms with Crippen molar-refractivity contribution in [2.24, 2.45) is 5.92 Å². The molecule has 0 radical (unpaired) electrons. The van der Waals surface area contributed by atoms with Crippen molar-refractivity contribution >= 4 is 15.8 Å². The molecular weight excluding hydrogens is 252 g/mol. The maximum absolute atomic E-state index is 12.0. The molecule has 0 bridgehead atoms. The van der Waals surface area contributed by atoms with Gasteiger partial charge in [-0.15, -0.1) is 0 Å². The maximum atomic E-state index is 12.0. The summed E-state index contributed by atoms with van der Waals surface area (Å²) in [5, 5.41) is 0. The van der Waals surface area contributed by atoms with Crippen molar-refractivity contribution in [2.45, 2.75) is 19.8 Å². The first-order chi connectivity index (χ1) is 8.55. The molecule has 18 heavy (non-hydrogen) atoms. The number of nitrogens with one attached hydrogen (secondary N) is 1. The van der Waals surface area contributed by atoms with Crippen LogP contribution >= 0.6 is 0 Å². The molecule has 2 rings (SSSR count). The average molecular weight is 270 g/mol. The third kappa shape index (κ3) is 3.96. The third-order valence-electron chi connectivity index (χ3n) is 2.97. The van der Waals surface area contributed by atoms with Crippen LogP contribution in [0.15, 0.2) is 18.3 Å². The van der Waals surface area contributed by atoms with Crippen molar-refractivity contribution in [3.8, 4) is 0 Å². The number of nitrogens with zero attached hydrogens (tertiary/aromatic N) is 1. The van der Waals surface area contributed by atoms with Gasteiger partial charge in [-0.3, -0.25) is 4.72 Å². The Kier molecular flexibility index (Phi) is 4.19. The molecule has 2 heterocycles. The van der Waals surface area contributed by atoms with Crippen molar-refractivity contribution < 1.29 is 13.2 Å². The van der Waals surface area contributed by atoms with Crippen LogP contribution in [0.5, 0.6) is 0 Å². The van der Waals surface area contributed by atoms with E-state index in [0.29, 0.717) is 19.0 Å². The van der Waals surface area contributed by atoms with Gasteiger partial charge in [-0.05, 0) is 37.3 Å². The van der Waals surface area contributed by atoms with Gasteiger partial charge in [-0.1, -0.05) is 6.07 Å².